The van der Waals surface area contributed by atoms with Gasteiger partial charge in [-0.3, -0.25) is 0 Å². The number of ether oxygens (including phenoxy) is 1. The molecule has 0 atom stereocenters. The van der Waals surface area contributed by atoms with E-state index >= 15 is 0 Å². The zero-order valence-electron chi connectivity index (χ0n) is 14.3. The SMILES string of the molecule is CC[NH+](CC)CC#CC(OC)(c1ccccc1)c1ccccc1. The Morgan fingerprint density at radius 2 is 1.35 bits per heavy atom. The van der Waals surface area contributed by atoms with Gasteiger partial charge in [0.2, 0.25) is 0 Å². The molecule has 0 spiro atoms. The highest BCUT2D eigenvalue weighted by atomic mass is 16.5. The van der Waals surface area contributed by atoms with Crippen LogP contribution in [0.1, 0.15) is 25.0 Å². The van der Waals surface area contributed by atoms with Crippen LogP contribution in [-0.2, 0) is 10.3 Å². The maximum absolute atomic E-state index is 5.98. The molecule has 0 aliphatic rings. The molecule has 0 fully saturated rings. The van der Waals surface area contributed by atoms with Crippen molar-refractivity contribution < 1.29 is 9.64 Å². The first-order valence-electron chi connectivity index (χ1n) is 8.26. The lowest BCUT2D eigenvalue weighted by Gasteiger charge is -2.28. The number of benzene rings is 2. The average Bonchev–Trinajstić information content (AvgIpc) is 2.64. The van der Waals surface area contributed by atoms with Crippen molar-refractivity contribution in [3.63, 3.8) is 0 Å². The van der Waals surface area contributed by atoms with Crippen molar-refractivity contribution in [3.05, 3.63) is 71.8 Å². The van der Waals surface area contributed by atoms with Crippen molar-refractivity contribution in [2.75, 3.05) is 26.7 Å². The van der Waals surface area contributed by atoms with Crippen molar-refractivity contribution in [2.45, 2.75) is 19.4 Å². The second-order valence-corrected chi connectivity index (χ2v) is 5.55. The fourth-order valence-corrected chi connectivity index (χ4v) is 2.74. The summed E-state index contributed by atoms with van der Waals surface area (Å²) in [6, 6.07) is 20.5. The Hall–Kier alpha value is -2.08. The van der Waals surface area contributed by atoms with Crippen molar-refractivity contribution in [2.24, 2.45) is 0 Å². The van der Waals surface area contributed by atoms with Crippen LogP contribution in [0.3, 0.4) is 0 Å². The Morgan fingerprint density at radius 3 is 1.74 bits per heavy atom. The highest BCUT2D eigenvalue weighted by Gasteiger charge is 2.32. The molecule has 0 aromatic heterocycles. The second kappa shape index (κ2) is 8.53. The van der Waals surface area contributed by atoms with Gasteiger partial charge in [0.1, 0.15) is 6.54 Å². The van der Waals surface area contributed by atoms with Crippen LogP contribution in [0.5, 0.6) is 0 Å². The van der Waals surface area contributed by atoms with Gasteiger partial charge in [-0.2, -0.15) is 0 Å². The molecule has 0 unspecified atom stereocenters. The highest BCUT2D eigenvalue weighted by molar-refractivity contribution is 5.44. The van der Waals surface area contributed by atoms with Crippen LogP contribution in [0.4, 0.5) is 0 Å². The summed E-state index contributed by atoms with van der Waals surface area (Å²) in [5.74, 6) is 6.79. The van der Waals surface area contributed by atoms with Crippen LogP contribution in [-0.4, -0.2) is 26.7 Å². The normalized spacial score (nSPS) is 11.1. The molecule has 0 bridgehead atoms. The Labute approximate surface area is 140 Å². The molecule has 0 aliphatic heterocycles. The minimum atomic E-state index is -0.713. The van der Waals surface area contributed by atoms with Gasteiger partial charge in [0.25, 0.3) is 0 Å². The Balaban J connectivity index is 2.46. The maximum Gasteiger partial charge on any atom is 0.179 e. The molecule has 1 N–H and O–H groups in total. The largest absolute Gasteiger partial charge is 0.357 e. The van der Waals surface area contributed by atoms with E-state index in [-0.39, 0.29) is 0 Å². The van der Waals surface area contributed by atoms with Crippen molar-refractivity contribution in [3.8, 4) is 11.8 Å². The van der Waals surface area contributed by atoms with E-state index < -0.39 is 5.60 Å². The smallest absolute Gasteiger partial charge is 0.179 e. The third kappa shape index (κ3) is 4.01. The molecule has 0 heterocycles. The summed E-state index contributed by atoms with van der Waals surface area (Å²) in [5, 5.41) is 0. The average molecular weight is 308 g/mol. The molecule has 120 valence electrons. The summed E-state index contributed by atoms with van der Waals surface area (Å²) in [5.41, 5.74) is 1.42. The second-order valence-electron chi connectivity index (χ2n) is 5.55. The van der Waals surface area contributed by atoms with Gasteiger partial charge in [-0.15, -0.1) is 0 Å². The fraction of sp³-hybridized carbons (Fsp3) is 0.333. The topological polar surface area (TPSA) is 13.7 Å². The van der Waals surface area contributed by atoms with E-state index in [1.807, 2.05) is 36.4 Å². The highest BCUT2D eigenvalue weighted by Crippen LogP contribution is 2.32. The molecule has 0 amide bonds. The van der Waals surface area contributed by atoms with E-state index in [4.69, 9.17) is 4.74 Å². The molecule has 0 aliphatic carbocycles. The van der Waals surface area contributed by atoms with Gasteiger partial charge in [0, 0.05) is 18.2 Å². The molecule has 2 heteroatoms. The predicted molar refractivity (Wildman–Crippen MR) is 95.4 cm³/mol. The number of hydrogen-bond donors (Lipinski definition) is 1. The van der Waals surface area contributed by atoms with Crippen LogP contribution in [0, 0.1) is 11.8 Å². The summed E-state index contributed by atoms with van der Waals surface area (Å²) in [6.45, 7) is 7.39. The number of hydrogen-bond acceptors (Lipinski definition) is 1. The molecule has 23 heavy (non-hydrogen) atoms. The van der Waals surface area contributed by atoms with Gasteiger partial charge in [0.15, 0.2) is 5.60 Å². The molecule has 2 rings (SSSR count). The van der Waals surface area contributed by atoms with Crippen LogP contribution in [0.15, 0.2) is 60.7 Å². The zero-order chi connectivity index (χ0) is 16.5. The summed E-state index contributed by atoms with van der Waals surface area (Å²) in [6.07, 6.45) is 0. The Kier molecular flexibility index (Phi) is 6.40. The first-order valence-corrected chi connectivity index (χ1v) is 8.26. The summed E-state index contributed by atoms with van der Waals surface area (Å²) >= 11 is 0. The quantitative estimate of drug-likeness (QED) is 0.810. The van der Waals surface area contributed by atoms with Gasteiger partial charge in [-0.05, 0) is 19.8 Å². The monoisotopic (exact) mass is 308 g/mol. The fourth-order valence-electron chi connectivity index (χ4n) is 2.74. The molecular weight excluding hydrogens is 282 g/mol. The van der Waals surface area contributed by atoms with Crippen LogP contribution in [0.25, 0.3) is 0 Å². The van der Waals surface area contributed by atoms with Gasteiger partial charge in [0.05, 0.1) is 13.1 Å². The first-order chi connectivity index (χ1) is 11.3. The summed E-state index contributed by atoms with van der Waals surface area (Å²) in [4.78, 5) is 1.48. The molecular formula is C21H26NO+. The first kappa shape index (κ1) is 17.3. The third-order valence-electron chi connectivity index (χ3n) is 4.27. The number of nitrogens with one attached hydrogen (secondary N) is 1. The van der Waals surface area contributed by atoms with E-state index in [2.05, 4.69) is 50.0 Å². The van der Waals surface area contributed by atoms with Crippen LogP contribution >= 0.6 is 0 Å². The zero-order valence-corrected chi connectivity index (χ0v) is 14.3. The maximum atomic E-state index is 5.98. The lowest BCUT2D eigenvalue weighted by molar-refractivity contribution is -0.889. The van der Waals surface area contributed by atoms with Crippen LogP contribution < -0.4 is 4.90 Å². The third-order valence-corrected chi connectivity index (χ3v) is 4.27. The van der Waals surface area contributed by atoms with Crippen molar-refractivity contribution in [1.29, 1.82) is 0 Å². The molecule has 0 saturated carbocycles. The van der Waals surface area contributed by atoms with Gasteiger partial charge < -0.3 is 9.64 Å². The van der Waals surface area contributed by atoms with E-state index in [1.54, 1.807) is 7.11 Å². The number of methoxy groups -OCH3 is 1. The minimum absolute atomic E-state index is 0.713. The van der Waals surface area contributed by atoms with Gasteiger partial charge in [-0.1, -0.05) is 66.6 Å². The summed E-state index contributed by atoms with van der Waals surface area (Å²) in [7, 11) is 1.74. The van der Waals surface area contributed by atoms with E-state index in [9.17, 15) is 0 Å². The Morgan fingerprint density at radius 1 is 0.870 bits per heavy atom. The minimum Gasteiger partial charge on any atom is -0.357 e. The van der Waals surface area contributed by atoms with E-state index in [1.165, 1.54) is 4.90 Å². The lowest BCUT2D eigenvalue weighted by Crippen LogP contribution is -3.11. The van der Waals surface area contributed by atoms with E-state index in [0.29, 0.717) is 0 Å². The standard InChI is InChI=1S/C21H25NO/c1-4-22(5-2)18-12-17-21(23-3,19-13-8-6-9-14-19)20-15-10-7-11-16-20/h6-11,13-16H,4-5,18H2,1-3H3/p+1. The molecule has 2 aromatic rings. The molecule has 0 saturated heterocycles. The van der Waals surface area contributed by atoms with Crippen molar-refractivity contribution in [1.82, 2.24) is 0 Å². The Bertz CT molecular complexity index is 596. The predicted octanol–water partition coefficient (Wildman–Crippen LogP) is 2.50. The molecule has 0 radical (unpaired) electrons. The van der Waals surface area contributed by atoms with E-state index in [0.717, 1.165) is 30.8 Å². The molecule has 2 nitrogen and oxygen atoms in total. The number of quaternary nitrogens is 1. The molecule has 2 aromatic carbocycles. The van der Waals surface area contributed by atoms with Gasteiger partial charge >= 0.3 is 0 Å². The van der Waals surface area contributed by atoms with Crippen molar-refractivity contribution >= 4 is 0 Å². The van der Waals surface area contributed by atoms with Crippen LogP contribution in [0.2, 0.25) is 0 Å². The number of rotatable bonds is 6. The van der Waals surface area contributed by atoms with Gasteiger partial charge in [-0.25, -0.2) is 0 Å². The lowest BCUT2D eigenvalue weighted by atomic mass is 9.86. The summed E-state index contributed by atoms with van der Waals surface area (Å²) < 4.78 is 5.98.